The van der Waals surface area contributed by atoms with Crippen LogP contribution in [-0.4, -0.2) is 45.0 Å². The van der Waals surface area contributed by atoms with Crippen molar-refractivity contribution in [3.8, 4) is 0 Å². The number of amides is 1. The largest absolute Gasteiger partial charge is 0.373 e. The van der Waals surface area contributed by atoms with Gasteiger partial charge in [-0.1, -0.05) is 6.07 Å². The average molecular weight is 413 g/mol. The van der Waals surface area contributed by atoms with Crippen molar-refractivity contribution in [2.24, 2.45) is 0 Å². The van der Waals surface area contributed by atoms with Gasteiger partial charge in [0.1, 0.15) is 11.9 Å². The third-order valence-electron chi connectivity index (χ3n) is 6.95. The molecule has 30 heavy (non-hydrogen) atoms. The van der Waals surface area contributed by atoms with Crippen LogP contribution >= 0.6 is 0 Å². The maximum Gasteiger partial charge on any atom is 0.325 e. The molecule has 1 saturated carbocycles. The molecule has 3 aliphatic rings. The van der Waals surface area contributed by atoms with Crippen molar-refractivity contribution in [2.75, 3.05) is 11.9 Å². The number of aromatic amines is 1. The van der Waals surface area contributed by atoms with E-state index in [2.05, 4.69) is 20.5 Å². The summed E-state index contributed by atoms with van der Waals surface area (Å²) in [6.45, 7) is 4.26. The van der Waals surface area contributed by atoms with Crippen molar-refractivity contribution in [3.05, 3.63) is 51.5 Å². The molecule has 8 heteroatoms. The summed E-state index contributed by atoms with van der Waals surface area (Å²) in [5.74, 6) is -0.293. The highest BCUT2D eigenvalue weighted by Gasteiger charge is 2.34. The number of halogens is 1. The highest BCUT2D eigenvalue weighted by atomic mass is 19.1. The van der Waals surface area contributed by atoms with Gasteiger partial charge in [0.15, 0.2) is 0 Å². The second kappa shape index (κ2) is 7.58. The van der Waals surface area contributed by atoms with Crippen LogP contribution in [0.4, 0.5) is 10.1 Å². The van der Waals surface area contributed by atoms with Gasteiger partial charge in [0.2, 0.25) is 5.91 Å². The first-order valence-electron chi connectivity index (χ1n) is 10.9. The Hall–Kier alpha value is -2.61. The number of carbonyl (C=O) groups is 1. The summed E-state index contributed by atoms with van der Waals surface area (Å²) in [5, 5.41) is 6.44. The van der Waals surface area contributed by atoms with E-state index in [-0.39, 0.29) is 23.5 Å². The Morgan fingerprint density at radius 1 is 1.27 bits per heavy atom. The molecule has 1 aromatic carbocycles. The first kappa shape index (κ1) is 19.4. The fourth-order valence-corrected chi connectivity index (χ4v) is 5.29. The van der Waals surface area contributed by atoms with Gasteiger partial charge >= 0.3 is 5.69 Å². The van der Waals surface area contributed by atoms with E-state index in [1.807, 2.05) is 11.5 Å². The number of carbonyl (C=O) groups excluding carboxylic acids is 1. The van der Waals surface area contributed by atoms with E-state index in [1.54, 1.807) is 12.3 Å². The van der Waals surface area contributed by atoms with E-state index in [4.69, 9.17) is 0 Å². The minimum atomic E-state index is -0.416. The number of nitrogens with zero attached hydrogens (tertiary/aromatic N) is 2. The van der Waals surface area contributed by atoms with Crippen molar-refractivity contribution >= 4 is 11.6 Å². The van der Waals surface area contributed by atoms with Crippen LogP contribution in [0.15, 0.2) is 23.1 Å². The molecular weight excluding hydrogens is 385 g/mol. The number of hydrogen-bond donors (Lipinski definition) is 3. The van der Waals surface area contributed by atoms with E-state index in [9.17, 15) is 14.0 Å². The highest BCUT2D eigenvalue weighted by Crippen LogP contribution is 2.32. The summed E-state index contributed by atoms with van der Waals surface area (Å²) in [7, 11) is 0. The maximum absolute atomic E-state index is 14.1. The number of H-pyrrole nitrogens is 1. The molecule has 7 nitrogen and oxygen atoms in total. The Bertz CT molecular complexity index is 998. The number of anilines is 1. The Morgan fingerprint density at radius 2 is 2.13 bits per heavy atom. The van der Waals surface area contributed by atoms with Crippen molar-refractivity contribution in [1.82, 2.24) is 19.8 Å². The average Bonchev–Trinajstić information content (AvgIpc) is 3.36. The van der Waals surface area contributed by atoms with Crippen LogP contribution in [0.2, 0.25) is 0 Å². The molecule has 5 rings (SSSR count). The van der Waals surface area contributed by atoms with Gasteiger partial charge in [0, 0.05) is 55.6 Å². The monoisotopic (exact) mass is 413 g/mol. The summed E-state index contributed by atoms with van der Waals surface area (Å²) >= 11 is 0. The predicted octanol–water partition coefficient (Wildman–Crippen LogP) is 1.90. The molecule has 2 aliphatic heterocycles. The number of benzene rings is 1. The van der Waals surface area contributed by atoms with E-state index in [0.717, 1.165) is 55.7 Å². The molecule has 0 bridgehead atoms. The lowest BCUT2D eigenvalue weighted by molar-refractivity contribution is -0.122. The molecule has 2 aromatic rings. The molecule has 0 saturated heterocycles. The molecule has 1 aliphatic carbocycles. The molecule has 1 fully saturated rings. The van der Waals surface area contributed by atoms with Crippen molar-refractivity contribution < 1.29 is 9.18 Å². The fourth-order valence-electron chi connectivity index (χ4n) is 5.29. The quantitative estimate of drug-likeness (QED) is 0.718. The lowest BCUT2D eigenvalue weighted by Gasteiger charge is -2.39. The van der Waals surface area contributed by atoms with Crippen LogP contribution in [0, 0.1) is 12.7 Å². The third-order valence-corrected chi connectivity index (χ3v) is 6.95. The van der Waals surface area contributed by atoms with Crippen LogP contribution in [0.3, 0.4) is 0 Å². The number of aryl methyl sites for hydroxylation is 1. The number of imidazole rings is 1. The zero-order valence-corrected chi connectivity index (χ0v) is 17.2. The normalized spacial score (nSPS) is 26.0. The fraction of sp³-hybridized carbons (Fsp3) is 0.545. The molecule has 3 N–H and O–H groups in total. The SMILES string of the molecule is Cc1ccc(F)c2c1NC(C(=O)N[C@@H]1CCC[C@@H](N3CCn4c(c[nH]c4=O)C3)C1)C2. The second-order valence-electron chi connectivity index (χ2n) is 8.85. The Balaban J connectivity index is 1.20. The minimum absolute atomic E-state index is 0.0323. The zero-order chi connectivity index (χ0) is 20.8. The van der Waals surface area contributed by atoms with Gasteiger partial charge in [-0.05, 0) is 44.2 Å². The van der Waals surface area contributed by atoms with Gasteiger partial charge in [0.05, 0.1) is 5.69 Å². The van der Waals surface area contributed by atoms with Gasteiger partial charge in [-0.3, -0.25) is 14.3 Å². The van der Waals surface area contributed by atoms with Crippen LogP contribution in [0.1, 0.15) is 42.5 Å². The number of rotatable bonds is 3. The van der Waals surface area contributed by atoms with Crippen LogP contribution < -0.4 is 16.3 Å². The smallest absolute Gasteiger partial charge is 0.325 e. The molecule has 1 amide bonds. The first-order chi connectivity index (χ1) is 14.5. The number of hydrogen-bond acceptors (Lipinski definition) is 4. The van der Waals surface area contributed by atoms with Gasteiger partial charge < -0.3 is 15.6 Å². The molecule has 0 radical (unpaired) electrons. The number of nitrogens with one attached hydrogen (secondary N) is 3. The predicted molar refractivity (Wildman–Crippen MR) is 112 cm³/mol. The summed E-state index contributed by atoms with van der Waals surface area (Å²) in [4.78, 5) is 29.9. The van der Waals surface area contributed by atoms with Crippen LogP contribution in [0.25, 0.3) is 0 Å². The molecule has 160 valence electrons. The van der Waals surface area contributed by atoms with Crippen LogP contribution in [-0.2, 0) is 24.3 Å². The van der Waals surface area contributed by atoms with Crippen LogP contribution in [0.5, 0.6) is 0 Å². The Morgan fingerprint density at radius 3 is 2.97 bits per heavy atom. The summed E-state index contributed by atoms with van der Waals surface area (Å²) in [6.07, 6.45) is 6.26. The first-order valence-corrected chi connectivity index (χ1v) is 10.9. The van der Waals surface area contributed by atoms with E-state index < -0.39 is 6.04 Å². The van der Waals surface area contributed by atoms with Gasteiger partial charge in [-0.15, -0.1) is 0 Å². The van der Waals surface area contributed by atoms with Gasteiger partial charge in [0.25, 0.3) is 0 Å². The van der Waals surface area contributed by atoms with Crippen molar-refractivity contribution in [1.29, 1.82) is 0 Å². The topological polar surface area (TPSA) is 82.2 Å². The molecule has 1 unspecified atom stereocenters. The molecule has 3 heterocycles. The van der Waals surface area contributed by atoms with Crippen molar-refractivity contribution in [3.63, 3.8) is 0 Å². The van der Waals surface area contributed by atoms with Crippen molar-refractivity contribution in [2.45, 2.75) is 70.2 Å². The zero-order valence-electron chi connectivity index (χ0n) is 17.2. The second-order valence-corrected chi connectivity index (χ2v) is 8.85. The van der Waals surface area contributed by atoms with E-state index in [1.165, 1.54) is 6.07 Å². The minimum Gasteiger partial charge on any atom is -0.373 e. The standard InChI is InChI=1S/C22H28FN5O2/c1-13-5-6-18(23)17-10-19(26-20(13)17)21(29)25-14-3-2-4-15(9-14)27-7-8-28-16(12-27)11-24-22(28)30/h5-6,11,14-15,19,26H,2-4,7-10,12H2,1H3,(H,24,30)(H,25,29)/t14-,15-,19?/m1/s1. The number of fused-ring (bicyclic) bond motifs is 2. The lowest BCUT2D eigenvalue weighted by Crippen LogP contribution is -2.50. The van der Waals surface area contributed by atoms with E-state index >= 15 is 0 Å². The van der Waals surface area contributed by atoms with E-state index in [0.29, 0.717) is 24.6 Å². The number of aromatic nitrogens is 2. The molecule has 1 aromatic heterocycles. The summed E-state index contributed by atoms with van der Waals surface area (Å²) in [5.41, 5.74) is 3.34. The molecule has 0 spiro atoms. The maximum atomic E-state index is 14.1. The summed E-state index contributed by atoms with van der Waals surface area (Å²) in [6, 6.07) is 3.33. The summed E-state index contributed by atoms with van der Waals surface area (Å²) < 4.78 is 15.9. The Kier molecular flexibility index (Phi) is 4.89. The molecular formula is C22H28FN5O2. The lowest BCUT2D eigenvalue weighted by atomic mass is 9.89. The molecule has 3 atom stereocenters. The third kappa shape index (κ3) is 3.43. The highest BCUT2D eigenvalue weighted by molar-refractivity contribution is 5.88. The van der Waals surface area contributed by atoms with Gasteiger partial charge in [-0.25, -0.2) is 9.18 Å². The van der Waals surface area contributed by atoms with Gasteiger partial charge in [-0.2, -0.15) is 0 Å². The Labute approximate surface area is 174 Å².